The number of rotatable bonds is 1. The minimum absolute atomic E-state index is 0.436. The fourth-order valence-corrected chi connectivity index (χ4v) is 1.75. The summed E-state index contributed by atoms with van der Waals surface area (Å²) in [6.45, 7) is 2.07. The summed E-state index contributed by atoms with van der Waals surface area (Å²) in [5.74, 6) is 0.942. The number of phenolic OH excluding ortho intramolecular Hbond substituents is 1. The summed E-state index contributed by atoms with van der Waals surface area (Å²) >= 11 is 0. The van der Waals surface area contributed by atoms with Gasteiger partial charge in [-0.2, -0.15) is 0 Å². The highest BCUT2D eigenvalue weighted by Gasteiger charge is 2.18. The van der Waals surface area contributed by atoms with Gasteiger partial charge in [0.2, 0.25) is 0 Å². The molecule has 1 unspecified atom stereocenters. The van der Waals surface area contributed by atoms with Crippen molar-refractivity contribution in [1.29, 1.82) is 0 Å². The maximum absolute atomic E-state index is 9.54. The third-order valence-electron chi connectivity index (χ3n) is 2.44. The third-order valence-corrected chi connectivity index (χ3v) is 2.44. The first-order valence-electron chi connectivity index (χ1n) is 4.36. The predicted octanol–water partition coefficient (Wildman–Crippen LogP) is 1.47. The van der Waals surface area contributed by atoms with Gasteiger partial charge in [-0.15, -0.1) is 0 Å². The first-order valence-corrected chi connectivity index (χ1v) is 4.36. The minimum atomic E-state index is 0.436. The molecule has 2 heteroatoms. The van der Waals surface area contributed by atoms with Gasteiger partial charge in [-0.1, -0.05) is 18.2 Å². The monoisotopic (exact) mass is 163 g/mol. The molecule has 64 valence electrons. The summed E-state index contributed by atoms with van der Waals surface area (Å²) in [7, 11) is 0. The molecule has 0 spiro atoms. The van der Waals surface area contributed by atoms with Crippen LogP contribution >= 0.6 is 0 Å². The van der Waals surface area contributed by atoms with E-state index in [0.29, 0.717) is 11.7 Å². The molecule has 1 aromatic carbocycles. The average molecular weight is 163 g/mol. The molecule has 0 aliphatic carbocycles. The van der Waals surface area contributed by atoms with E-state index in [0.717, 1.165) is 25.1 Å². The first kappa shape index (κ1) is 7.62. The largest absolute Gasteiger partial charge is 0.508 e. The van der Waals surface area contributed by atoms with Gasteiger partial charge in [0.25, 0.3) is 0 Å². The van der Waals surface area contributed by atoms with Gasteiger partial charge in [0.15, 0.2) is 0 Å². The topological polar surface area (TPSA) is 32.3 Å². The van der Waals surface area contributed by atoms with Crippen LogP contribution in [0.15, 0.2) is 24.3 Å². The zero-order valence-electron chi connectivity index (χ0n) is 6.96. The van der Waals surface area contributed by atoms with Crippen molar-refractivity contribution in [2.75, 3.05) is 13.1 Å². The van der Waals surface area contributed by atoms with Gasteiger partial charge in [0.1, 0.15) is 5.75 Å². The Bertz CT molecular complexity index is 266. The van der Waals surface area contributed by atoms with E-state index in [-0.39, 0.29) is 0 Å². The molecule has 1 heterocycles. The van der Waals surface area contributed by atoms with Crippen LogP contribution in [0.3, 0.4) is 0 Å². The summed E-state index contributed by atoms with van der Waals surface area (Å²) < 4.78 is 0. The van der Waals surface area contributed by atoms with E-state index in [9.17, 15) is 5.11 Å². The second-order valence-electron chi connectivity index (χ2n) is 3.25. The Morgan fingerprint density at radius 3 is 2.83 bits per heavy atom. The molecule has 2 N–H and O–H groups in total. The van der Waals surface area contributed by atoms with Crippen LogP contribution in [0.4, 0.5) is 0 Å². The molecule has 1 fully saturated rings. The number of aromatic hydroxyl groups is 1. The second kappa shape index (κ2) is 3.15. The highest BCUT2D eigenvalue weighted by atomic mass is 16.3. The predicted molar refractivity (Wildman–Crippen MR) is 48.3 cm³/mol. The van der Waals surface area contributed by atoms with Gasteiger partial charge in [-0.05, 0) is 24.6 Å². The summed E-state index contributed by atoms with van der Waals surface area (Å²) in [6.07, 6.45) is 1.14. The number of para-hydroxylation sites is 1. The standard InChI is InChI=1S/C10H13NO/c12-10-4-2-1-3-9(10)8-5-6-11-7-8/h1-4,8,11-12H,5-7H2. The minimum Gasteiger partial charge on any atom is -0.508 e. The number of phenols is 1. The Hall–Kier alpha value is -1.02. The number of benzene rings is 1. The summed E-state index contributed by atoms with van der Waals surface area (Å²) in [6, 6.07) is 7.61. The van der Waals surface area contributed by atoms with Crippen molar-refractivity contribution >= 4 is 0 Å². The van der Waals surface area contributed by atoms with E-state index in [1.165, 1.54) is 0 Å². The van der Waals surface area contributed by atoms with E-state index >= 15 is 0 Å². The molecule has 0 bridgehead atoms. The fraction of sp³-hybridized carbons (Fsp3) is 0.400. The summed E-state index contributed by atoms with van der Waals surface area (Å²) in [5.41, 5.74) is 1.09. The molecule has 2 nitrogen and oxygen atoms in total. The molecule has 0 aromatic heterocycles. The summed E-state index contributed by atoms with van der Waals surface area (Å²) in [5, 5.41) is 12.8. The van der Waals surface area contributed by atoms with Gasteiger partial charge in [-0.3, -0.25) is 0 Å². The van der Waals surface area contributed by atoms with Crippen LogP contribution in [0.1, 0.15) is 17.9 Å². The van der Waals surface area contributed by atoms with Crippen LogP contribution in [0.2, 0.25) is 0 Å². The Balaban J connectivity index is 2.26. The zero-order valence-corrected chi connectivity index (χ0v) is 6.96. The molecule has 0 saturated carbocycles. The van der Waals surface area contributed by atoms with Crippen molar-refractivity contribution in [3.63, 3.8) is 0 Å². The average Bonchev–Trinajstić information content (AvgIpc) is 2.57. The van der Waals surface area contributed by atoms with Crippen molar-refractivity contribution in [3.8, 4) is 5.75 Å². The Kier molecular flexibility index (Phi) is 2.00. The second-order valence-corrected chi connectivity index (χ2v) is 3.25. The van der Waals surface area contributed by atoms with E-state index < -0.39 is 0 Å². The van der Waals surface area contributed by atoms with E-state index in [2.05, 4.69) is 5.32 Å². The van der Waals surface area contributed by atoms with Crippen LogP contribution in [0.25, 0.3) is 0 Å². The van der Waals surface area contributed by atoms with Gasteiger partial charge in [0, 0.05) is 12.5 Å². The van der Waals surface area contributed by atoms with Crippen LogP contribution in [0.5, 0.6) is 5.75 Å². The molecular weight excluding hydrogens is 150 g/mol. The lowest BCUT2D eigenvalue weighted by Gasteiger charge is -2.09. The smallest absolute Gasteiger partial charge is 0.119 e. The summed E-state index contributed by atoms with van der Waals surface area (Å²) in [4.78, 5) is 0. The highest BCUT2D eigenvalue weighted by Crippen LogP contribution is 2.29. The van der Waals surface area contributed by atoms with Crippen molar-refractivity contribution in [3.05, 3.63) is 29.8 Å². The van der Waals surface area contributed by atoms with Gasteiger partial charge < -0.3 is 10.4 Å². The lowest BCUT2D eigenvalue weighted by molar-refractivity contribution is 0.463. The van der Waals surface area contributed by atoms with E-state index in [1.54, 1.807) is 6.07 Å². The van der Waals surface area contributed by atoms with E-state index in [4.69, 9.17) is 0 Å². The van der Waals surface area contributed by atoms with E-state index in [1.807, 2.05) is 18.2 Å². The SMILES string of the molecule is Oc1ccccc1C1CCNC1. The lowest BCUT2D eigenvalue weighted by atomic mass is 9.98. The molecule has 1 atom stereocenters. The van der Waals surface area contributed by atoms with Gasteiger partial charge in [-0.25, -0.2) is 0 Å². The zero-order chi connectivity index (χ0) is 8.39. The molecule has 0 amide bonds. The van der Waals surface area contributed by atoms with Crippen molar-refractivity contribution in [2.45, 2.75) is 12.3 Å². The van der Waals surface area contributed by atoms with Crippen LogP contribution in [-0.4, -0.2) is 18.2 Å². The fourth-order valence-electron chi connectivity index (χ4n) is 1.75. The molecule has 1 aliphatic rings. The maximum atomic E-state index is 9.54. The molecule has 12 heavy (non-hydrogen) atoms. The first-order chi connectivity index (χ1) is 5.88. The Morgan fingerprint density at radius 1 is 1.33 bits per heavy atom. The Morgan fingerprint density at radius 2 is 2.17 bits per heavy atom. The Labute approximate surface area is 72.2 Å². The van der Waals surface area contributed by atoms with Gasteiger partial charge in [0.05, 0.1) is 0 Å². The van der Waals surface area contributed by atoms with Crippen LogP contribution < -0.4 is 5.32 Å². The molecule has 2 rings (SSSR count). The normalized spacial score (nSPS) is 22.8. The van der Waals surface area contributed by atoms with Crippen molar-refractivity contribution in [2.24, 2.45) is 0 Å². The van der Waals surface area contributed by atoms with Gasteiger partial charge >= 0.3 is 0 Å². The third kappa shape index (κ3) is 1.30. The number of nitrogens with one attached hydrogen (secondary N) is 1. The molecule has 0 radical (unpaired) electrons. The quantitative estimate of drug-likeness (QED) is 0.657. The number of hydrogen-bond acceptors (Lipinski definition) is 2. The van der Waals surface area contributed by atoms with Crippen molar-refractivity contribution in [1.82, 2.24) is 5.32 Å². The molecular formula is C10H13NO. The highest BCUT2D eigenvalue weighted by molar-refractivity contribution is 5.35. The number of hydrogen-bond donors (Lipinski definition) is 2. The van der Waals surface area contributed by atoms with Crippen molar-refractivity contribution < 1.29 is 5.11 Å². The van der Waals surface area contributed by atoms with Crippen LogP contribution in [-0.2, 0) is 0 Å². The maximum Gasteiger partial charge on any atom is 0.119 e. The molecule has 1 saturated heterocycles. The van der Waals surface area contributed by atoms with Crippen LogP contribution in [0, 0.1) is 0 Å². The lowest BCUT2D eigenvalue weighted by Crippen LogP contribution is -2.07. The molecule has 1 aliphatic heterocycles. The molecule has 1 aromatic rings.